The van der Waals surface area contributed by atoms with Crippen molar-refractivity contribution in [2.75, 3.05) is 19.8 Å². The molecule has 2 atom stereocenters. The summed E-state index contributed by atoms with van der Waals surface area (Å²) in [6, 6.07) is 0. The van der Waals surface area contributed by atoms with Crippen molar-refractivity contribution in [3.63, 3.8) is 0 Å². The lowest BCUT2D eigenvalue weighted by Crippen LogP contribution is -2.52. The maximum absolute atomic E-state index is 6.66. The van der Waals surface area contributed by atoms with Crippen LogP contribution < -0.4 is 17.2 Å². The predicted octanol–water partition coefficient (Wildman–Crippen LogP) is 8.23. The van der Waals surface area contributed by atoms with Crippen molar-refractivity contribution in [2.24, 2.45) is 39.4 Å². The molecule has 254 valence electrons. The molecule has 6 nitrogen and oxygen atoms in total. The van der Waals surface area contributed by atoms with Gasteiger partial charge in [-0.2, -0.15) is 0 Å². The molecule has 0 aliphatic carbocycles. The van der Waals surface area contributed by atoms with Crippen LogP contribution in [0.5, 0.6) is 0 Å². The van der Waals surface area contributed by atoms with Gasteiger partial charge in [-0.3, -0.25) is 0 Å². The van der Waals surface area contributed by atoms with Crippen LogP contribution >= 0.6 is 0 Å². The van der Waals surface area contributed by atoms with Gasteiger partial charge in [-0.05, 0) is 137 Å². The third-order valence-corrected chi connectivity index (χ3v) is 10.2. The third kappa shape index (κ3) is 14.7. The van der Waals surface area contributed by atoms with Gasteiger partial charge in [-0.1, -0.05) is 41.5 Å². The van der Waals surface area contributed by atoms with Gasteiger partial charge in [0.2, 0.25) is 0 Å². The number of hydrogen-bond acceptors (Lipinski definition) is 6. The molecule has 0 bridgehead atoms. The van der Waals surface area contributed by atoms with Crippen LogP contribution in [-0.4, -0.2) is 53.2 Å². The molecule has 0 rings (SSSR count). The number of hydrogen-bond donors (Lipinski definition) is 3. The average molecular weight is 600 g/mol. The Labute approximate surface area is 263 Å². The van der Waals surface area contributed by atoms with E-state index < -0.39 is 0 Å². The van der Waals surface area contributed by atoms with Crippen LogP contribution in [0.1, 0.15) is 157 Å². The van der Waals surface area contributed by atoms with Crippen LogP contribution in [0, 0.1) is 22.2 Å². The molecule has 0 spiro atoms. The van der Waals surface area contributed by atoms with Crippen molar-refractivity contribution < 1.29 is 14.2 Å². The number of rotatable bonds is 20. The van der Waals surface area contributed by atoms with E-state index in [1.807, 2.05) is 0 Å². The summed E-state index contributed by atoms with van der Waals surface area (Å²) in [5, 5.41) is 0. The molecule has 0 saturated heterocycles. The van der Waals surface area contributed by atoms with E-state index >= 15 is 0 Å². The molecule has 0 heterocycles. The van der Waals surface area contributed by atoms with Gasteiger partial charge in [0.05, 0.1) is 23.4 Å². The van der Waals surface area contributed by atoms with Crippen LogP contribution in [-0.2, 0) is 14.2 Å². The van der Waals surface area contributed by atoms with Crippen LogP contribution in [0.4, 0.5) is 0 Å². The Kier molecular flexibility index (Phi) is 14.0. The van der Waals surface area contributed by atoms with Crippen LogP contribution in [0.25, 0.3) is 0 Å². The van der Waals surface area contributed by atoms with Gasteiger partial charge in [0.15, 0.2) is 0 Å². The van der Waals surface area contributed by atoms with Crippen LogP contribution in [0.15, 0.2) is 0 Å². The monoisotopic (exact) mass is 600 g/mol. The zero-order valence-corrected chi connectivity index (χ0v) is 31.7. The standard InChI is InChI=1S/C36H77N3O3/c1-27(34(14,15)39)23-42-33(12,13)26-36(18,25-32(10,11)40-21-19-30(6,7)37)29(4,5)24-28(2,3)35(16,17)41-22-20-31(8,9)38/h27H,19-26,37-39H2,1-18H3. The summed E-state index contributed by atoms with van der Waals surface area (Å²) in [5.74, 6) is 0.241. The molecule has 0 aliphatic heterocycles. The molecule has 0 radical (unpaired) electrons. The maximum atomic E-state index is 6.66. The van der Waals surface area contributed by atoms with E-state index in [0.717, 1.165) is 32.1 Å². The summed E-state index contributed by atoms with van der Waals surface area (Å²) >= 11 is 0. The van der Waals surface area contributed by atoms with Gasteiger partial charge >= 0.3 is 0 Å². The Morgan fingerprint density at radius 2 is 0.881 bits per heavy atom. The topological polar surface area (TPSA) is 106 Å². The minimum Gasteiger partial charge on any atom is -0.375 e. The molecule has 0 amide bonds. The summed E-state index contributed by atoms with van der Waals surface area (Å²) in [5.41, 5.74) is 16.9. The Balaban J connectivity index is 6.27. The van der Waals surface area contributed by atoms with E-state index in [4.69, 9.17) is 31.4 Å². The van der Waals surface area contributed by atoms with E-state index in [1.54, 1.807) is 0 Å². The molecule has 6 N–H and O–H groups in total. The van der Waals surface area contributed by atoms with Gasteiger partial charge in [0.1, 0.15) is 0 Å². The van der Waals surface area contributed by atoms with Crippen molar-refractivity contribution in [2.45, 2.75) is 190 Å². The Morgan fingerprint density at radius 1 is 0.500 bits per heavy atom. The summed E-state index contributed by atoms with van der Waals surface area (Å²) < 4.78 is 19.8. The number of ether oxygens (including phenoxy) is 3. The van der Waals surface area contributed by atoms with E-state index in [-0.39, 0.29) is 55.6 Å². The van der Waals surface area contributed by atoms with Crippen molar-refractivity contribution in [1.29, 1.82) is 0 Å². The summed E-state index contributed by atoms with van der Waals surface area (Å²) in [7, 11) is 0. The lowest BCUT2D eigenvalue weighted by atomic mass is 9.53. The van der Waals surface area contributed by atoms with Gasteiger partial charge in [-0.25, -0.2) is 0 Å². The van der Waals surface area contributed by atoms with Gasteiger partial charge in [0, 0.05) is 29.8 Å². The minimum atomic E-state index is -0.344. The first-order chi connectivity index (χ1) is 18.2. The van der Waals surface area contributed by atoms with Crippen molar-refractivity contribution in [1.82, 2.24) is 0 Å². The summed E-state index contributed by atoms with van der Waals surface area (Å²) in [6.07, 6.45) is 4.39. The van der Waals surface area contributed by atoms with Gasteiger partial charge < -0.3 is 31.4 Å². The van der Waals surface area contributed by atoms with Crippen molar-refractivity contribution >= 4 is 0 Å². The fraction of sp³-hybridized carbons (Fsp3) is 1.00. The van der Waals surface area contributed by atoms with Crippen LogP contribution in [0.3, 0.4) is 0 Å². The van der Waals surface area contributed by atoms with E-state index in [0.29, 0.717) is 19.8 Å². The van der Waals surface area contributed by atoms with E-state index in [2.05, 4.69) is 125 Å². The Morgan fingerprint density at radius 3 is 1.26 bits per heavy atom. The predicted molar refractivity (Wildman–Crippen MR) is 183 cm³/mol. The fourth-order valence-electron chi connectivity index (χ4n) is 5.97. The van der Waals surface area contributed by atoms with Crippen molar-refractivity contribution in [3.05, 3.63) is 0 Å². The molecular formula is C36H77N3O3. The normalized spacial score (nSPS) is 17.4. The molecular weight excluding hydrogens is 522 g/mol. The van der Waals surface area contributed by atoms with Gasteiger partial charge in [-0.15, -0.1) is 0 Å². The highest BCUT2D eigenvalue weighted by Crippen LogP contribution is 2.57. The third-order valence-electron chi connectivity index (χ3n) is 10.2. The lowest BCUT2D eigenvalue weighted by molar-refractivity contribution is -0.153. The molecule has 0 aromatic rings. The molecule has 0 fully saturated rings. The highest BCUT2D eigenvalue weighted by molar-refractivity contribution is 5.02. The molecule has 0 aliphatic rings. The largest absolute Gasteiger partial charge is 0.375 e. The number of nitrogens with two attached hydrogens (primary N) is 3. The molecule has 42 heavy (non-hydrogen) atoms. The maximum Gasteiger partial charge on any atom is 0.0677 e. The summed E-state index contributed by atoms with van der Waals surface area (Å²) in [6.45, 7) is 41.8. The second-order valence-corrected chi connectivity index (χ2v) is 19.1. The zero-order valence-electron chi connectivity index (χ0n) is 31.7. The second kappa shape index (κ2) is 14.0. The van der Waals surface area contributed by atoms with E-state index in [9.17, 15) is 0 Å². The van der Waals surface area contributed by atoms with Crippen LogP contribution in [0.2, 0.25) is 0 Å². The molecule has 6 heteroatoms. The first-order valence-corrected chi connectivity index (χ1v) is 16.4. The second-order valence-electron chi connectivity index (χ2n) is 19.1. The van der Waals surface area contributed by atoms with E-state index in [1.165, 1.54) is 0 Å². The Bertz CT molecular complexity index is 810. The SMILES string of the molecule is CC(COC(C)(C)CC(C)(CC(C)(C)OCCC(C)(C)N)C(C)(C)CC(C)(C)C(C)(C)OCCC(C)(C)N)C(C)(C)N. The fourth-order valence-corrected chi connectivity index (χ4v) is 5.97. The zero-order chi connectivity index (χ0) is 33.9. The Hall–Kier alpha value is -0.240. The molecule has 0 aromatic carbocycles. The minimum absolute atomic E-state index is 0.0720. The molecule has 0 aromatic heterocycles. The first kappa shape index (κ1) is 41.8. The highest BCUT2D eigenvalue weighted by Gasteiger charge is 2.52. The average Bonchev–Trinajstić information content (AvgIpc) is 2.66. The highest BCUT2D eigenvalue weighted by atomic mass is 16.5. The first-order valence-electron chi connectivity index (χ1n) is 16.4. The lowest BCUT2D eigenvalue weighted by Gasteiger charge is -2.55. The smallest absolute Gasteiger partial charge is 0.0677 e. The molecule has 2 unspecified atom stereocenters. The van der Waals surface area contributed by atoms with Crippen molar-refractivity contribution in [3.8, 4) is 0 Å². The summed E-state index contributed by atoms with van der Waals surface area (Å²) in [4.78, 5) is 0. The quantitative estimate of drug-likeness (QED) is 0.130. The molecule has 0 saturated carbocycles. The van der Waals surface area contributed by atoms with Gasteiger partial charge in [0.25, 0.3) is 0 Å².